The van der Waals surface area contributed by atoms with Gasteiger partial charge in [-0.05, 0) is 52.3 Å². The largest absolute Gasteiger partial charge is 0.399 e. The van der Waals surface area contributed by atoms with Crippen molar-refractivity contribution in [3.63, 3.8) is 0 Å². The van der Waals surface area contributed by atoms with Gasteiger partial charge in [-0.3, -0.25) is 4.72 Å². The number of hydrogen-bond donors (Lipinski definition) is 2. The molecule has 3 N–H and O–H groups in total. The summed E-state index contributed by atoms with van der Waals surface area (Å²) in [6.07, 6.45) is 0. The van der Waals surface area contributed by atoms with Gasteiger partial charge in [-0.15, -0.1) is 0 Å². The van der Waals surface area contributed by atoms with Gasteiger partial charge in [-0.25, -0.2) is 8.42 Å². The van der Waals surface area contributed by atoms with E-state index in [0.717, 1.165) is 0 Å². The molecule has 0 unspecified atom stereocenters. The zero-order valence-electron chi connectivity index (χ0n) is 9.90. The average Bonchev–Trinajstić information content (AvgIpc) is 2.32. The molecule has 0 fully saturated rings. The van der Waals surface area contributed by atoms with Gasteiger partial charge < -0.3 is 5.73 Å². The Kier molecular flexibility index (Phi) is 4.49. The highest BCUT2D eigenvalue weighted by molar-refractivity contribution is 9.10. The van der Waals surface area contributed by atoms with Gasteiger partial charge in [0.1, 0.15) is 4.90 Å². The van der Waals surface area contributed by atoms with Crippen molar-refractivity contribution in [3.05, 3.63) is 50.9 Å². The monoisotopic (exact) mass is 394 g/mol. The van der Waals surface area contributed by atoms with E-state index in [2.05, 4.69) is 20.7 Å². The molecule has 2 aromatic carbocycles. The summed E-state index contributed by atoms with van der Waals surface area (Å²) in [5.41, 5.74) is 6.29. The number of benzene rings is 2. The van der Waals surface area contributed by atoms with E-state index >= 15 is 0 Å². The molecule has 0 amide bonds. The van der Waals surface area contributed by atoms with Gasteiger partial charge in [-0.1, -0.05) is 23.2 Å². The first kappa shape index (κ1) is 15.4. The molecule has 4 nitrogen and oxygen atoms in total. The lowest BCUT2D eigenvalue weighted by molar-refractivity contribution is 0.601. The molecule has 0 atom stereocenters. The number of nitrogens with two attached hydrogens (primary N) is 1. The van der Waals surface area contributed by atoms with E-state index in [1.54, 1.807) is 6.07 Å². The molecule has 2 rings (SSSR count). The molecule has 0 aliphatic carbocycles. The van der Waals surface area contributed by atoms with Crippen LogP contribution >= 0.6 is 39.1 Å². The van der Waals surface area contributed by atoms with Crippen LogP contribution in [0.2, 0.25) is 10.0 Å². The van der Waals surface area contributed by atoms with Crippen molar-refractivity contribution in [2.45, 2.75) is 4.90 Å². The van der Waals surface area contributed by atoms with Crippen molar-refractivity contribution >= 4 is 60.5 Å². The van der Waals surface area contributed by atoms with Crippen LogP contribution in [0.25, 0.3) is 0 Å². The van der Waals surface area contributed by atoms with Crippen LogP contribution in [-0.2, 0) is 10.0 Å². The van der Waals surface area contributed by atoms with Crippen molar-refractivity contribution in [3.8, 4) is 0 Å². The van der Waals surface area contributed by atoms with Crippen LogP contribution in [0.4, 0.5) is 11.4 Å². The van der Waals surface area contributed by atoms with Gasteiger partial charge in [0.2, 0.25) is 0 Å². The highest BCUT2D eigenvalue weighted by atomic mass is 79.9. The Hall–Kier alpha value is -0.950. The number of anilines is 2. The Morgan fingerprint density at radius 3 is 2.40 bits per heavy atom. The number of halogens is 3. The highest BCUT2D eigenvalue weighted by Gasteiger charge is 2.19. The summed E-state index contributed by atoms with van der Waals surface area (Å²) in [5.74, 6) is 0. The molecule has 0 bridgehead atoms. The van der Waals surface area contributed by atoms with Gasteiger partial charge in [0.05, 0.1) is 10.7 Å². The summed E-state index contributed by atoms with van der Waals surface area (Å²) >= 11 is 14.9. The Morgan fingerprint density at radius 2 is 1.80 bits per heavy atom. The van der Waals surface area contributed by atoms with E-state index in [-0.39, 0.29) is 15.6 Å². The summed E-state index contributed by atoms with van der Waals surface area (Å²) in [6.45, 7) is 0. The maximum Gasteiger partial charge on any atom is 0.263 e. The topological polar surface area (TPSA) is 72.2 Å². The zero-order chi connectivity index (χ0) is 14.9. The summed E-state index contributed by atoms with van der Waals surface area (Å²) in [7, 11) is -3.78. The summed E-state index contributed by atoms with van der Waals surface area (Å²) in [6, 6.07) is 8.92. The predicted octanol–water partition coefficient (Wildman–Crippen LogP) is 4.14. The lowest BCUT2D eigenvalue weighted by Crippen LogP contribution is -2.14. The predicted molar refractivity (Wildman–Crippen MR) is 85.8 cm³/mol. The minimum Gasteiger partial charge on any atom is -0.399 e. The van der Waals surface area contributed by atoms with Crippen LogP contribution in [0, 0.1) is 0 Å². The van der Waals surface area contributed by atoms with Crippen molar-refractivity contribution < 1.29 is 8.42 Å². The van der Waals surface area contributed by atoms with E-state index in [9.17, 15) is 8.42 Å². The molecule has 0 radical (unpaired) electrons. The van der Waals surface area contributed by atoms with Gasteiger partial charge in [0.15, 0.2) is 0 Å². The Balaban J connectivity index is 2.41. The van der Waals surface area contributed by atoms with Gasteiger partial charge in [-0.2, -0.15) is 0 Å². The van der Waals surface area contributed by atoms with Crippen molar-refractivity contribution in [2.24, 2.45) is 0 Å². The number of sulfonamides is 1. The third-order valence-electron chi connectivity index (χ3n) is 2.42. The van der Waals surface area contributed by atoms with Crippen LogP contribution in [-0.4, -0.2) is 8.42 Å². The second kappa shape index (κ2) is 5.81. The highest BCUT2D eigenvalue weighted by Crippen LogP contribution is 2.30. The standard InChI is InChI=1S/C12H9BrCl2N2O2S/c13-9-6-8(16)2-4-12(9)20(18,19)17-11-3-1-7(14)5-10(11)15/h1-6,17H,16H2. The molecule has 8 heteroatoms. The molecule has 0 saturated heterocycles. The van der Waals surface area contributed by atoms with Crippen molar-refractivity contribution in [1.82, 2.24) is 0 Å². The second-order valence-electron chi connectivity index (χ2n) is 3.92. The molecule has 0 spiro atoms. The normalized spacial score (nSPS) is 11.3. The van der Waals surface area contributed by atoms with Gasteiger partial charge >= 0.3 is 0 Å². The number of nitrogens with one attached hydrogen (secondary N) is 1. The van der Waals surface area contributed by atoms with E-state index in [1.165, 1.54) is 30.3 Å². The molecular weight excluding hydrogens is 387 g/mol. The van der Waals surface area contributed by atoms with Crippen LogP contribution in [0.15, 0.2) is 45.8 Å². The fourth-order valence-electron chi connectivity index (χ4n) is 1.51. The molecule has 106 valence electrons. The number of rotatable bonds is 3. The fourth-order valence-corrected chi connectivity index (χ4v) is 4.19. The summed E-state index contributed by atoms with van der Waals surface area (Å²) in [4.78, 5) is 0.0673. The lowest BCUT2D eigenvalue weighted by Gasteiger charge is -2.11. The Labute approximate surface area is 135 Å². The smallest absolute Gasteiger partial charge is 0.263 e. The minimum atomic E-state index is -3.78. The van der Waals surface area contributed by atoms with E-state index < -0.39 is 10.0 Å². The lowest BCUT2D eigenvalue weighted by atomic mass is 10.3. The zero-order valence-corrected chi connectivity index (χ0v) is 13.8. The molecule has 0 saturated carbocycles. The molecule has 0 aliphatic heterocycles. The molecular formula is C12H9BrCl2N2O2S. The minimum absolute atomic E-state index is 0.0673. The molecule has 0 aliphatic rings. The number of nitrogen functional groups attached to an aromatic ring is 1. The average molecular weight is 396 g/mol. The van der Waals surface area contributed by atoms with Crippen molar-refractivity contribution in [2.75, 3.05) is 10.5 Å². The maximum atomic E-state index is 12.3. The SMILES string of the molecule is Nc1ccc(S(=O)(=O)Nc2ccc(Cl)cc2Cl)c(Br)c1. The first-order valence-electron chi connectivity index (χ1n) is 5.32. The first-order valence-corrected chi connectivity index (χ1v) is 8.36. The van der Waals surface area contributed by atoms with E-state index in [4.69, 9.17) is 28.9 Å². The van der Waals surface area contributed by atoms with Gasteiger partial charge in [0, 0.05) is 15.2 Å². The Bertz CT molecular complexity index is 766. The summed E-state index contributed by atoms with van der Waals surface area (Å²) < 4.78 is 27.4. The van der Waals surface area contributed by atoms with Crippen LogP contribution in [0.3, 0.4) is 0 Å². The third kappa shape index (κ3) is 3.38. The maximum absolute atomic E-state index is 12.3. The van der Waals surface area contributed by atoms with Crippen molar-refractivity contribution in [1.29, 1.82) is 0 Å². The quantitative estimate of drug-likeness (QED) is 0.767. The fraction of sp³-hybridized carbons (Fsp3) is 0. The third-order valence-corrected chi connectivity index (χ3v) is 5.31. The van der Waals surface area contributed by atoms with Crippen LogP contribution in [0.5, 0.6) is 0 Å². The first-order chi connectivity index (χ1) is 9.29. The van der Waals surface area contributed by atoms with E-state index in [0.29, 0.717) is 15.2 Å². The summed E-state index contributed by atoms with van der Waals surface area (Å²) in [5, 5.41) is 0.638. The van der Waals surface area contributed by atoms with Crippen LogP contribution < -0.4 is 10.5 Å². The van der Waals surface area contributed by atoms with Crippen LogP contribution in [0.1, 0.15) is 0 Å². The van der Waals surface area contributed by atoms with Gasteiger partial charge in [0.25, 0.3) is 10.0 Å². The number of hydrogen-bond acceptors (Lipinski definition) is 3. The molecule has 0 heterocycles. The van der Waals surface area contributed by atoms with E-state index in [1.807, 2.05) is 0 Å². The molecule has 20 heavy (non-hydrogen) atoms. The Morgan fingerprint density at radius 1 is 1.10 bits per heavy atom. The molecule has 2 aromatic rings. The second-order valence-corrected chi connectivity index (χ2v) is 7.27. The molecule has 0 aromatic heterocycles.